The van der Waals surface area contributed by atoms with E-state index in [9.17, 15) is 0 Å². The Bertz CT molecular complexity index is 283. The molecule has 2 rings (SSSR count). The van der Waals surface area contributed by atoms with Gasteiger partial charge in [-0.15, -0.1) is 0 Å². The van der Waals surface area contributed by atoms with Gasteiger partial charge < -0.3 is 9.47 Å². The Morgan fingerprint density at radius 3 is 2.80 bits per heavy atom. The Kier molecular flexibility index (Phi) is 3.35. The maximum Gasteiger partial charge on any atom is 0.220 e. The van der Waals surface area contributed by atoms with E-state index in [1.54, 1.807) is 6.20 Å². The molecule has 0 spiro atoms. The van der Waals surface area contributed by atoms with E-state index in [0.29, 0.717) is 18.8 Å². The first-order valence-electron chi connectivity index (χ1n) is 5.22. The SMILES string of the molecule is CC(C)[C@H](Cn1cccn1)NC1OCO1. The molecule has 0 unspecified atom stereocenters. The van der Waals surface area contributed by atoms with Crippen LogP contribution in [0.1, 0.15) is 13.8 Å². The number of ether oxygens (including phenoxy) is 2. The summed E-state index contributed by atoms with van der Waals surface area (Å²) in [6.07, 6.45) is 3.50. The molecule has 2 heterocycles. The summed E-state index contributed by atoms with van der Waals surface area (Å²) >= 11 is 0. The van der Waals surface area contributed by atoms with Gasteiger partial charge in [0.2, 0.25) is 6.41 Å². The lowest BCUT2D eigenvalue weighted by molar-refractivity contribution is -0.336. The molecule has 0 radical (unpaired) electrons. The molecule has 0 aliphatic carbocycles. The molecule has 1 aliphatic rings. The lowest BCUT2D eigenvalue weighted by atomic mass is 10.0. The van der Waals surface area contributed by atoms with Gasteiger partial charge in [-0.2, -0.15) is 5.10 Å². The van der Waals surface area contributed by atoms with Gasteiger partial charge in [0.25, 0.3) is 0 Å². The van der Waals surface area contributed by atoms with Crippen LogP contribution >= 0.6 is 0 Å². The molecule has 0 bridgehead atoms. The number of nitrogens with zero attached hydrogens (tertiary/aromatic N) is 2. The molecule has 1 aromatic heterocycles. The zero-order valence-electron chi connectivity index (χ0n) is 9.09. The lowest BCUT2D eigenvalue weighted by Crippen LogP contribution is -2.51. The van der Waals surface area contributed by atoms with E-state index in [0.717, 1.165) is 6.54 Å². The van der Waals surface area contributed by atoms with Crippen LogP contribution in [0.15, 0.2) is 18.5 Å². The molecular formula is C10H17N3O2. The number of hydrogen-bond donors (Lipinski definition) is 1. The maximum absolute atomic E-state index is 5.17. The van der Waals surface area contributed by atoms with Gasteiger partial charge >= 0.3 is 0 Å². The number of hydrogen-bond acceptors (Lipinski definition) is 4. The van der Waals surface area contributed by atoms with E-state index < -0.39 is 0 Å². The molecule has 1 aromatic rings. The van der Waals surface area contributed by atoms with Crippen molar-refractivity contribution in [1.29, 1.82) is 0 Å². The van der Waals surface area contributed by atoms with Crippen molar-refractivity contribution < 1.29 is 9.47 Å². The summed E-state index contributed by atoms with van der Waals surface area (Å²) in [5.41, 5.74) is 0. The summed E-state index contributed by atoms with van der Waals surface area (Å²) in [4.78, 5) is 0. The third-order valence-corrected chi connectivity index (χ3v) is 2.54. The predicted molar refractivity (Wildman–Crippen MR) is 54.8 cm³/mol. The molecule has 15 heavy (non-hydrogen) atoms. The van der Waals surface area contributed by atoms with Crippen molar-refractivity contribution in [3.05, 3.63) is 18.5 Å². The molecule has 1 aliphatic heterocycles. The predicted octanol–water partition coefficient (Wildman–Crippen LogP) is 0.785. The van der Waals surface area contributed by atoms with Crippen LogP contribution in [0.2, 0.25) is 0 Å². The van der Waals surface area contributed by atoms with E-state index in [4.69, 9.17) is 9.47 Å². The first-order valence-corrected chi connectivity index (χ1v) is 5.22. The molecule has 0 saturated carbocycles. The topological polar surface area (TPSA) is 48.3 Å². The highest BCUT2D eigenvalue weighted by molar-refractivity contribution is 4.80. The van der Waals surface area contributed by atoms with Crippen molar-refractivity contribution in [2.45, 2.75) is 32.8 Å². The normalized spacial score (nSPS) is 19.1. The van der Waals surface area contributed by atoms with Crippen molar-refractivity contribution in [2.75, 3.05) is 6.79 Å². The summed E-state index contributed by atoms with van der Waals surface area (Å²) in [7, 11) is 0. The molecule has 1 fully saturated rings. The molecule has 1 N–H and O–H groups in total. The highest BCUT2D eigenvalue weighted by Gasteiger charge is 2.24. The largest absolute Gasteiger partial charge is 0.313 e. The van der Waals surface area contributed by atoms with E-state index in [-0.39, 0.29) is 6.41 Å². The fraction of sp³-hybridized carbons (Fsp3) is 0.700. The van der Waals surface area contributed by atoms with Crippen molar-refractivity contribution in [2.24, 2.45) is 5.92 Å². The first kappa shape index (κ1) is 10.6. The van der Waals surface area contributed by atoms with E-state index in [1.807, 2.05) is 16.9 Å². The van der Waals surface area contributed by atoms with Crippen LogP contribution in [-0.2, 0) is 16.0 Å². The van der Waals surface area contributed by atoms with Crippen LogP contribution in [0.3, 0.4) is 0 Å². The van der Waals surface area contributed by atoms with Crippen LogP contribution in [0.4, 0.5) is 0 Å². The minimum atomic E-state index is -0.243. The molecule has 0 amide bonds. The maximum atomic E-state index is 5.17. The van der Waals surface area contributed by atoms with Crippen LogP contribution in [-0.4, -0.2) is 29.0 Å². The third-order valence-electron chi connectivity index (χ3n) is 2.54. The average Bonchev–Trinajstić information content (AvgIpc) is 2.60. The summed E-state index contributed by atoms with van der Waals surface area (Å²) in [6.45, 7) is 5.55. The Labute approximate surface area is 89.4 Å². The Hall–Kier alpha value is -0.910. The average molecular weight is 211 g/mol. The van der Waals surface area contributed by atoms with Gasteiger partial charge in [-0.25, -0.2) is 0 Å². The second kappa shape index (κ2) is 4.74. The number of rotatable bonds is 5. The zero-order valence-corrected chi connectivity index (χ0v) is 9.09. The second-order valence-corrected chi connectivity index (χ2v) is 4.03. The van der Waals surface area contributed by atoms with E-state index in [1.165, 1.54) is 0 Å². The highest BCUT2D eigenvalue weighted by atomic mass is 16.9. The summed E-state index contributed by atoms with van der Waals surface area (Å²) in [6, 6.07) is 2.23. The van der Waals surface area contributed by atoms with Crippen LogP contribution in [0.5, 0.6) is 0 Å². The van der Waals surface area contributed by atoms with Crippen molar-refractivity contribution >= 4 is 0 Å². The van der Waals surface area contributed by atoms with Gasteiger partial charge in [0.1, 0.15) is 0 Å². The zero-order chi connectivity index (χ0) is 10.7. The standard InChI is InChI=1S/C10H17N3O2/c1-8(2)9(12-10-14-7-15-10)6-13-5-3-4-11-13/h3-5,8-10,12H,6-7H2,1-2H3/t9-/m0/s1. The lowest BCUT2D eigenvalue weighted by Gasteiger charge is -2.33. The quantitative estimate of drug-likeness (QED) is 0.782. The van der Waals surface area contributed by atoms with Crippen LogP contribution in [0.25, 0.3) is 0 Å². The molecule has 84 valence electrons. The first-order chi connectivity index (χ1) is 7.25. The van der Waals surface area contributed by atoms with Gasteiger partial charge in [-0.3, -0.25) is 10.00 Å². The van der Waals surface area contributed by atoms with Crippen molar-refractivity contribution in [3.8, 4) is 0 Å². The van der Waals surface area contributed by atoms with Gasteiger partial charge in [-0.1, -0.05) is 13.8 Å². The minimum Gasteiger partial charge on any atom is -0.313 e. The van der Waals surface area contributed by atoms with Gasteiger partial charge in [0.15, 0.2) is 6.79 Å². The molecule has 5 nitrogen and oxygen atoms in total. The summed E-state index contributed by atoms with van der Waals surface area (Å²) in [5, 5.41) is 7.47. The van der Waals surface area contributed by atoms with Crippen LogP contribution < -0.4 is 5.32 Å². The molecule has 0 aromatic carbocycles. The number of aromatic nitrogens is 2. The molecular weight excluding hydrogens is 194 g/mol. The highest BCUT2D eigenvalue weighted by Crippen LogP contribution is 2.10. The van der Waals surface area contributed by atoms with Crippen molar-refractivity contribution in [1.82, 2.24) is 15.1 Å². The second-order valence-electron chi connectivity index (χ2n) is 4.03. The Balaban J connectivity index is 1.87. The molecule has 1 saturated heterocycles. The molecule has 1 atom stereocenters. The number of nitrogens with one attached hydrogen (secondary N) is 1. The fourth-order valence-corrected chi connectivity index (χ4v) is 1.47. The third kappa shape index (κ3) is 2.77. The van der Waals surface area contributed by atoms with Gasteiger partial charge in [-0.05, 0) is 12.0 Å². The van der Waals surface area contributed by atoms with Crippen LogP contribution in [0, 0.1) is 5.92 Å². The Morgan fingerprint density at radius 2 is 2.33 bits per heavy atom. The van der Waals surface area contributed by atoms with Crippen molar-refractivity contribution in [3.63, 3.8) is 0 Å². The Morgan fingerprint density at radius 1 is 1.53 bits per heavy atom. The van der Waals surface area contributed by atoms with E-state index >= 15 is 0 Å². The minimum absolute atomic E-state index is 0.243. The van der Waals surface area contributed by atoms with Gasteiger partial charge in [0, 0.05) is 18.4 Å². The summed E-state index contributed by atoms with van der Waals surface area (Å²) in [5.74, 6) is 0.502. The summed E-state index contributed by atoms with van der Waals surface area (Å²) < 4.78 is 12.2. The van der Waals surface area contributed by atoms with Gasteiger partial charge in [0.05, 0.1) is 6.54 Å². The van der Waals surface area contributed by atoms with E-state index in [2.05, 4.69) is 24.3 Å². The smallest absolute Gasteiger partial charge is 0.220 e. The fourth-order valence-electron chi connectivity index (χ4n) is 1.47. The molecule has 5 heteroatoms. The monoisotopic (exact) mass is 211 g/mol.